The highest BCUT2D eigenvalue weighted by atomic mass is 16.6. The summed E-state index contributed by atoms with van der Waals surface area (Å²) >= 11 is 0. The number of epoxide rings is 1. The third kappa shape index (κ3) is 3.69. The molecule has 0 unspecified atom stereocenters. The molecule has 3 fully saturated rings. The summed E-state index contributed by atoms with van der Waals surface area (Å²) in [6.07, 6.45) is 5.68. The summed E-state index contributed by atoms with van der Waals surface area (Å²) in [7, 11) is 0. The highest BCUT2D eigenvalue weighted by Crippen LogP contribution is 2.61. The number of esters is 2. The normalized spacial score (nSPS) is 38.6. The largest absolute Gasteiger partial charge is 0.472 e. The molecule has 0 radical (unpaired) electrons. The van der Waals surface area contributed by atoms with E-state index in [0.717, 1.165) is 12.0 Å². The van der Waals surface area contributed by atoms with Crippen molar-refractivity contribution in [2.24, 2.45) is 17.3 Å². The van der Waals surface area contributed by atoms with Gasteiger partial charge in [0.2, 0.25) is 0 Å². The van der Waals surface area contributed by atoms with Crippen molar-refractivity contribution in [1.82, 2.24) is 0 Å². The molecule has 8 atom stereocenters. The van der Waals surface area contributed by atoms with Crippen molar-refractivity contribution in [3.05, 3.63) is 35.8 Å². The molecule has 1 saturated carbocycles. The molecule has 1 aromatic rings. The lowest BCUT2D eigenvalue weighted by atomic mass is 9.61. The Morgan fingerprint density at radius 1 is 1.38 bits per heavy atom. The number of aliphatic hydroxyl groups excluding tert-OH is 1. The number of rotatable bonds is 7. The molecule has 2 saturated heterocycles. The van der Waals surface area contributed by atoms with Crippen LogP contribution >= 0.6 is 0 Å². The molecule has 7 heteroatoms. The van der Waals surface area contributed by atoms with Crippen LogP contribution < -0.4 is 0 Å². The maximum absolute atomic E-state index is 12.8. The van der Waals surface area contributed by atoms with Crippen molar-refractivity contribution in [3.63, 3.8) is 0 Å². The zero-order valence-corrected chi connectivity index (χ0v) is 19.5. The van der Waals surface area contributed by atoms with Gasteiger partial charge in [0.05, 0.1) is 36.1 Å². The third-order valence-electron chi connectivity index (χ3n) is 8.30. The molecule has 0 spiro atoms. The minimum Gasteiger partial charge on any atom is -0.472 e. The number of furan rings is 1. The monoisotopic (exact) mass is 446 g/mol. The van der Waals surface area contributed by atoms with Gasteiger partial charge >= 0.3 is 11.9 Å². The number of ether oxygens (including phenoxy) is 3. The first-order valence-electron chi connectivity index (χ1n) is 11.5. The lowest BCUT2D eigenvalue weighted by Crippen LogP contribution is -2.57. The van der Waals surface area contributed by atoms with E-state index in [9.17, 15) is 14.7 Å². The Kier molecular flexibility index (Phi) is 6.01. The van der Waals surface area contributed by atoms with Crippen LogP contribution in [0.15, 0.2) is 34.7 Å². The predicted octanol–water partition coefficient (Wildman–Crippen LogP) is 4.11. The summed E-state index contributed by atoms with van der Waals surface area (Å²) in [5.41, 5.74) is 0.0149. The lowest BCUT2D eigenvalue weighted by Gasteiger charge is -2.47. The number of cyclic esters (lactones) is 1. The van der Waals surface area contributed by atoms with Crippen LogP contribution in [0.2, 0.25) is 0 Å². The second kappa shape index (κ2) is 8.34. The minimum absolute atomic E-state index is 0.0529. The number of allylic oxidation sites excluding steroid dienone is 1. The molecule has 0 amide bonds. The predicted molar refractivity (Wildman–Crippen MR) is 115 cm³/mol. The van der Waals surface area contributed by atoms with E-state index in [4.69, 9.17) is 18.6 Å². The first-order chi connectivity index (χ1) is 15.1. The van der Waals surface area contributed by atoms with Crippen molar-refractivity contribution in [2.45, 2.75) is 90.3 Å². The van der Waals surface area contributed by atoms with Gasteiger partial charge in [0.25, 0.3) is 0 Å². The smallest absolute Gasteiger partial charge is 0.333 e. The van der Waals surface area contributed by atoms with Crippen molar-refractivity contribution in [3.8, 4) is 0 Å². The molecule has 1 N–H and O–H groups in total. The fraction of sp³-hybridized carbons (Fsp3) is 0.680. The number of carbonyl (C=O) groups is 2. The Hall–Kier alpha value is -2.12. The van der Waals surface area contributed by atoms with Crippen molar-refractivity contribution < 1.29 is 33.3 Å². The van der Waals surface area contributed by atoms with Gasteiger partial charge in [0, 0.05) is 17.6 Å². The van der Waals surface area contributed by atoms with Gasteiger partial charge in [-0.25, -0.2) is 4.79 Å². The van der Waals surface area contributed by atoms with Crippen molar-refractivity contribution in [1.29, 1.82) is 0 Å². The first-order valence-corrected chi connectivity index (χ1v) is 11.5. The van der Waals surface area contributed by atoms with Crippen LogP contribution in [0.5, 0.6) is 0 Å². The summed E-state index contributed by atoms with van der Waals surface area (Å²) in [4.78, 5) is 25.5. The van der Waals surface area contributed by atoms with E-state index in [-0.39, 0.29) is 30.0 Å². The van der Waals surface area contributed by atoms with Crippen molar-refractivity contribution in [2.75, 3.05) is 0 Å². The summed E-state index contributed by atoms with van der Waals surface area (Å²) < 4.78 is 22.8. The van der Waals surface area contributed by atoms with Crippen LogP contribution in [0.4, 0.5) is 0 Å². The van der Waals surface area contributed by atoms with Gasteiger partial charge in [-0.3, -0.25) is 4.79 Å². The fourth-order valence-corrected chi connectivity index (χ4v) is 5.53. The number of fused-ring (bicyclic) bond motifs is 1. The molecule has 32 heavy (non-hydrogen) atoms. The quantitative estimate of drug-likeness (QED) is 0.382. The van der Waals surface area contributed by atoms with Gasteiger partial charge in [-0.15, -0.1) is 0 Å². The average Bonchev–Trinajstić information content (AvgIpc) is 3.12. The third-order valence-corrected chi connectivity index (χ3v) is 8.30. The molecular weight excluding hydrogens is 412 g/mol. The van der Waals surface area contributed by atoms with Crippen LogP contribution in [0, 0.1) is 17.3 Å². The summed E-state index contributed by atoms with van der Waals surface area (Å²) in [6, 6.07) is 1.81. The van der Waals surface area contributed by atoms with E-state index < -0.39 is 29.2 Å². The van der Waals surface area contributed by atoms with Crippen LogP contribution in [0.1, 0.15) is 72.0 Å². The van der Waals surface area contributed by atoms with E-state index >= 15 is 0 Å². The van der Waals surface area contributed by atoms with Crippen LogP contribution in [0.3, 0.4) is 0 Å². The second-order valence-corrected chi connectivity index (χ2v) is 9.99. The first kappa shape index (κ1) is 23.1. The van der Waals surface area contributed by atoms with Gasteiger partial charge in [0.1, 0.15) is 17.8 Å². The number of hydrogen-bond donors (Lipinski definition) is 1. The Balaban J connectivity index is 1.56. The summed E-state index contributed by atoms with van der Waals surface area (Å²) in [5, 5.41) is 11.1. The zero-order chi connectivity index (χ0) is 23.3. The highest BCUT2D eigenvalue weighted by Gasteiger charge is 2.71. The molecule has 3 aliphatic rings. The molecule has 1 aromatic heterocycles. The number of aliphatic hydroxyl groups is 1. The maximum atomic E-state index is 12.8. The van der Waals surface area contributed by atoms with E-state index in [1.807, 2.05) is 20.8 Å². The molecule has 2 aliphatic heterocycles. The topological polar surface area (TPSA) is 98.5 Å². The standard InChI is InChI=1S/C25H34O7/c1-6-14(2)22(27)31-21(24(4)19(26)7-8-20-25(24,5)32-20)11-15(3)17-12-18(30-23(17)28)16-9-10-29-13-16/h6,9-10,13,15,17-21,26H,7-8,11-12H2,1-5H3/t15-,17-,18-,19+,20-,21-,24-,25-/m1/s1. The highest BCUT2D eigenvalue weighted by molar-refractivity contribution is 5.87. The van der Waals surface area contributed by atoms with Crippen LogP contribution in [-0.2, 0) is 23.8 Å². The molecule has 0 aromatic carbocycles. The van der Waals surface area contributed by atoms with Crippen molar-refractivity contribution >= 4 is 11.9 Å². The molecule has 1 aliphatic carbocycles. The minimum atomic E-state index is -0.777. The molecule has 4 rings (SSSR count). The molecule has 7 nitrogen and oxygen atoms in total. The molecule has 0 bridgehead atoms. The Labute approximate surface area is 189 Å². The second-order valence-electron chi connectivity index (χ2n) is 9.99. The van der Waals surface area contributed by atoms with Gasteiger partial charge in [-0.2, -0.15) is 0 Å². The van der Waals surface area contributed by atoms with Gasteiger partial charge in [0.15, 0.2) is 0 Å². The van der Waals surface area contributed by atoms with E-state index in [1.54, 1.807) is 38.5 Å². The zero-order valence-electron chi connectivity index (χ0n) is 19.5. The SMILES string of the molecule is CC=C(C)C(=O)O[C@H](C[C@@H](C)[C@H]1C[C@H](c2ccoc2)OC1=O)[C@@]1(C)[C@@H](O)CC[C@H]2O[C@]21C. The Bertz CT molecular complexity index is 890. The molecule has 176 valence electrons. The van der Waals surface area contributed by atoms with Crippen LogP contribution in [0.25, 0.3) is 0 Å². The summed E-state index contributed by atoms with van der Waals surface area (Å²) in [5.74, 6) is -1.10. The summed E-state index contributed by atoms with van der Waals surface area (Å²) in [6.45, 7) is 9.43. The average molecular weight is 447 g/mol. The number of hydrogen-bond acceptors (Lipinski definition) is 7. The fourth-order valence-electron chi connectivity index (χ4n) is 5.53. The Morgan fingerprint density at radius 2 is 2.12 bits per heavy atom. The lowest BCUT2D eigenvalue weighted by molar-refractivity contribution is -0.170. The molecular formula is C25H34O7. The Morgan fingerprint density at radius 3 is 2.78 bits per heavy atom. The number of carbonyl (C=O) groups excluding carboxylic acids is 2. The molecule has 3 heterocycles. The van der Waals surface area contributed by atoms with Gasteiger partial charge < -0.3 is 23.7 Å². The van der Waals surface area contributed by atoms with Gasteiger partial charge in [-0.05, 0) is 52.0 Å². The van der Waals surface area contributed by atoms with Gasteiger partial charge in [-0.1, -0.05) is 19.9 Å². The van der Waals surface area contributed by atoms with E-state index in [0.29, 0.717) is 24.8 Å². The maximum Gasteiger partial charge on any atom is 0.333 e. The van der Waals surface area contributed by atoms with E-state index in [1.165, 1.54) is 0 Å². The van der Waals surface area contributed by atoms with E-state index in [2.05, 4.69) is 0 Å². The van der Waals surface area contributed by atoms with Crippen LogP contribution in [-0.4, -0.2) is 41.0 Å².